The molecule has 0 radical (unpaired) electrons. The predicted octanol–water partition coefficient (Wildman–Crippen LogP) is 3.78. The zero-order valence-corrected chi connectivity index (χ0v) is 14.6. The summed E-state index contributed by atoms with van der Waals surface area (Å²) in [5.74, 6) is 2.83. The molecule has 3 aromatic rings. The molecular formula is C17H13BrFN5O. The molecule has 1 N–H and O–H groups in total. The summed E-state index contributed by atoms with van der Waals surface area (Å²) in [4.78, 5) is 13.0. The van der Waals surface area contributed by atoms with E-state index in [0.717, 1.165) is 12.8 Å². The van der Waals surface area contributed by atoms with Gasteiger partial charge in [0.1, 0.15) is 24.5 Å². The Morgan fingerprint density at radius 1 is 1.32 bits per heavy atom. The van der Waals surface area contributed by atoms with E-state index in [2.05, 4.69) is 42.1 Å². The van der Waals surface area contributed by atoms with Crippen LogP contribution in [0.25, 0.3) is 11.2 Å². The number of halogens is 2. The van der Waals surface area contributed by atoms with Crippen LogP contribution in [-0.2, 0) is 4.74 Å². The molecule has 1 fully saturated rings. The van der Waals surface area contributed by atoms with Crippen LogP contribution in [0.2, 0.25) is 0 Å². The second-order valence-electron chi connectivity index (χ2n) is 5.62. The van der Waals surface area contributed by atoms with E-state index in [1.54, 1.807) is 12.4 Å². The number of imidazole rings is 1. The Hall–Kier alpha value is -2.50. The Balaban J connectivity index is 1.69. The van der Waals surface area contributed by atoms with E-state index in [1.165, 1.54) is 18.5 Å². The van der Waals surface area contributed by atoms with Gasteiger partial charge in [0.2, 0.25) is 0 Å². The van der Waals surface area contributed by atoms with Crippen LogP contribution in [0.3, 0.4) is 0 Å². The minimum atomic E-state index is -0.323. The smallest absolute Gasteiger partial charge is 0.167 e. The summed E-state index contributed by atoms with van der Waals surface area (Å²) in [6.07, 6.45) is 9.79. The molecule has 1 aliphatic rings. The third kappa shape index (κ3) is 2.97. The van der Waals surface area contributed by atoms with Gasteiger partial charge in [0.25, 0.3) is 0 Å². The highest BCUT2D eigenvalue weighted by atomic mass is 79.9. The first kappa shape index (κ1) is 16.0. The van der Waals surface area contributed by atoms with Gasteiger partial charge in [-0.3, -0.25) is 4.57 Å². The Kier molecular flexibility index (Phi) is 4.11. The third-order valence-corrected chi connectivity index (χ3v) is 4.69. The first-order valence-corrected chi connectivity index (χ1v) is 8.46. The molecule has 126 valence electrons. The predicted molar refractivity (Wildman–Crippen MR) is 94.7 cm³/mol. The van der Waals surface area contributed by atoms with Crippen LogP contribution in [0.1, 0.15) is 19.1 Å². The first-order chi connectivity index (χ1) is 12.2. The van der Waals surface area contributed by atoms with Crippen LogP contribution in [0.5, 0.6) is 0 Å². The van der Waals surface area contributed by atoms with E-state index in [0.29, 0.717) is 27.1 Å². The Bertz CT molecular complexity index is 983. The van der Waals surface area contributed by atoms with Crippen molar-refractivity contribution in [2.24, 2.45) is 0 Å². The van der Waals surface area contributed by atoms with Crippen molar-refractivity contribution < 1.29 is 9.13 Å². The zero-order chi connectivity index (χ0) is 17.4. The highest BCUT2D eigenvalue weighted by Crippen LogP contribution is 2.32. The molecule has 8 heteroatoms. The standard InChI is InChI=1S/C17H13BrFN5O/c1-2-11-4-6-14(25-11)24-9-22-15-16(20-8-21-17(15)24)23-13-5-3-10(19)7-12(13)18/h1,3,5,7-9,11,14H,4,6H2,(H,20,21,23). The number of rotatable bonds is 3. The van der Waals surface area contributed by atoms with Crippen LogP contribution in [-0.4, -0.2) is 25.6 Å². The highest BCUT2D eigenvalue weighted by Gasteiger charge is 2.27. The summed E-state index contributed by atoms with van der Waals surface area (Å²) in [5.41, 5.74) is 1.94. The number of nitrogens with one attached hydrogen (secondary N) is 1. The van der Waals surface area contributed by atoms with Gasteiger partial charge < -0.3 is 10.1 Å². The van der Waals surface area contributed by atoms with E-state index in [1.807, 2.05) is 4.57 Å². The Morgan fingerprint density at radius 2 is 2.20 bits per heavy atom. The Morgan fingerprint density at radius 3 is 2.96 bits per heavy atom. The Labute approximate surface area is 151 Å². The fourth-order valence-corrected chi connectivity index (χ4v) is 3.27. The van der Waals surface area contributed by atoms with Crippen molar-refractivity contribution in [3.8, 4) is 12.3 Å². The van der Waals surface area contributed by atoms with Gasteiger partial charge in [-0.05, 0) is 47.0 Å². The number of ether oxygens (including phenoxy) is 1. The summed E-state index contributed by atoms with van der Waals surface area (Å²) < 4.78 is 21.5. The molecule has 0 amide bonds. The SMILES string of the molecule is C#CC1CCC(n2cnc3c(Nc4ccc(F)cc4Br)ncnc32)O1. The molecule has 0 saturated carbocycles. The lowest BCUT2D eigenvalue weighted by atomic mass is 10.2. The van der Waals surface area contributed by atoms with Crippen LogP contribution in [0, 0.1) is 18.2 Å². The number of hydrogen-bond donors (Lipinski definition) is 1. The van der Waals surface area contributed by atoms with E-state index < -0.39 is 0 Å². The molecule has 25 heavy (non-hydrogen) atoms. The quantitative estimate of drug-likeness (QED) is 0.676. The maximum absolute atomic E-state index is 13.2. The minimum Gasteiger partial charge on any atom is -0.342 e. The van der Waals surface area contributed by atoms with E-state index in [9.17, 15) is 4.39 Å². The molecular weight excluding hydrogens is 389 g/mol. The average Bonchev–Trinajstić information content (AvgIpc) is 3.24. The van der Waals surface area contributed by atoms with Crippen molar-refractivity contribution >= 4 is 38.6 Å². The topological polar surface area (TPSA) is 64.9 Å². The average molecular weight is 402 g/mol. The summed E-state index contributed by atoms with van der Waals surface area (Å²) in [5, 5.41) is 3.15. The van der Waals surface area contributed by atoms with Crippen LogP contribution in [0.4, 0.5) is 15.9 Å². The van der Waals surface area contributed by atoms with Crippen molar-refractivity contribution in [1.29, 1.82) is 0 Å². The molecule has 2 atom stereocenters. The number of fused-ring (bicyclic) bond motifs is 1. The molecule has 0 bridgehead atoms. The molecule has 2 unspecified atom stereocenters. The molecule has 2 aromatic heterocycles. The molecule has 0 spiro atoms. The van der Waals surface area contributed by atoms with Crippen LogP contribution >= 0.6 is 15.9 Å². The molecule has 6 nitrogen and oxygen atoms in total. The van der Waals surface area contributed by atoms with Crippen molar-refractivity contribution in [2.45, 2.75) is 25.2 Å². The highest BCUT2D eigenvalue weighted by molar-refractivity contribution is 9.10. The largest absolute Gasteiger partial charge is 0.342 e. The van der Waals surface area contributed by atoms with E-state index >= 15 is 0 Å². The maximum Gasteiger partial charge on any atom is 0.167 e. The van der Waals surface area contributed by atoms with Crippen molar-refractivity contribution in [1.82, 2.24) is 19.5 Å². The maximum atomic E-state index is 13.2. The number of anilines is 2. The number of terminal acetylenes is 1. The van der Waals surface area contributed by atoms with Crippen molar-refractivity contribution in [2.75, 3.05) is 5.32 Å². The molecule has 1 aliphatic heterocycles. The van der Waals surface area contributed by atoms with Crippen molar-refractivity contribution in [3.05, 3.63) is 41.1 Å². The van der Waals surface area contributed by atoms with Gasteiger partial charge in [-0.15, -0.1) is 6.42 Å². The minimum absolute atomic E-state index is 0.183. The number of benzene rings is 1. The van der Waals surface area contributed by atoms with Gasteiger partial charge in [0.15, 0.2) is 17.0 Å². The van der Waals surface area contributed by atoms with Gasteiger partial charge >= 0.3 is 0 Å². The fraction of sp³-hybridized carbons (Fsp3) is 0.235. The van der Waals surface area contributed by atoms with Crippen LogP contribution in [0.15, 0.2) is 35.3 Å². The van der Waals surface area contributed by atoms with Crippen molar-refractivity contribution in [3.63, 3.8) is 0 Å². The summed E-state index contributed by atoms with van der Waals surface area (Å²) >= 11 is 3.33. The van der Waals surface area contributed by atoms with E-state index in [-0.39, 0.29) is 18.1 Å². The lowest BCUT2D eigenvalue weighted by Gasteiger charge is -2.13. The van der Waals surface area contributed by atoms with Crippen LogP contribution < -0.4 is 5.32 Å². The number of nitrogens with zero attached hydrogens (tertiary/aromatic N) is 4. The second kappa shape index (κ2) is 6.43. The molecule has 1 saturated heterocycles. The molecule has 4 rings (SSSR count). The second-order valence-corrected chi connectivity index (χ2v) is 6.47. The fourth-order valence-electron chi connectivity index (χ4n) is 2.82. The molecule has 0 aliphatic carbocycles. The monoisotopic (exact) mass is 401 g/mol. The van der Waals surface area contributed by atoms with Gasteiger partial charge in [-0.1, -0.05) is 5.92 Å². The van der Waals surface area contributed by atoms with Gasteiger partial charge in [-0.2, -0.15) is 0 Å². The third-order valence-electron chi connectivity index (χ3n) is 4.04. The number of hydrogen-bond acceptors (Lipinski definition) is 5. The summed E-state index contributed by atoms with van der Waals surface area (Å²) in [7, 11) is 0. The summed E-state index contributed by atoms with van der Waals surface area (Å²) in [6, 6.07) is 4.38. The van der Waals surface area contributed by atoms with Gasteiger partial charge in [0, 0.05) is 4.47 Å². The first-order valence-electron chi connectivity index (χ1n) is 7.67. The number of aromatic nitrogens is 4. The molecule has 3 heterocycles. The zero-order valence-electron chi connectivity index (χ0n) is 13.0. The normalized spacial score (nSPS) is 19.9. The lowest BCUT2D eigenvalue weighted by Crippen LogP contribution is -2.10. The molecule has 1 aromatic carbocycles. The van der Waals surface area contributed by atoms with Gasteiger partial charge in [0.05, 0.1) is 12.0 Å². The van der Waals surface area contributed by atoms with Gasteiger partial charge in [-0.25, -0.2) is 19.3 Å². The van der Waals surface area contributed by atoms with E-state index in [4.69, 9.17) is 11.2 Å². The lowest BCUT2D eigenvalue weighted by molar-refractivity contribution is 0.0300. The summed E-state index contributed by atoms with van der Waals surface area (Å²) in [6.45, 7) is 0.